The summed E-state index contributed by atoms with van der Waals surface area (Å²) in [6.45, 7) is 1.03. The fraction of sp³-hybridized carbons (Fsp3) is 0.333. The Morgan fingerprint density at radius 1 is 1.14 bits per heavy atom. The second kappa shape index (κ2) is 8.83. The number of hydrogen-bond acceptors (Lipinski definition) is 3. The van der Waals surface area contributed by atoms with Crippen molar-refractivity contribution in [1.82, 2.24) is 4.98 Å². The number of anilines is 2. The Morgan fingerprint density at radius 2 is 1.93 bits per heavy atom. The number of benzene rings is 2. The van der Waals surface area contributed by atoms with Crippen molar-refractivity contribution in [2.45, 2.75) is 32.1 Å². The van der Waals surface area contributed by atoms with Gasteiger partial charge < -0.3 is 10.2 Å². The van der Waals surface area contributed by atoms with Crippen LogP contribution >= 0.6 is 11.6 Å². The molecule has 150 valence electrons. The maximum atomic E-state index is 12.7. The smallest absolute Gasteiger partial charge is 0.257 e. The predicted molar refractivity (Wildman–Crippen MR) is 121 cm³/mol. The molecule has 0 aliphatic heterocycles. The minimum Gasteiger partial charge on any atom is -0.374 e. The molecule has 29 heavy (non-hydrogen) atoms. The van der Waals surface area contributed by atoms with Crippen molar-refractivity contribution in [3.63, 3.8) is 0 Å². The Morgan fingerprint density at radius 3 is 2.72 bits per heavy atom. The van der Waals surface area contributed by atoms with Crippen molar-refractivity contribution >= 4 is 39.8 Å². The number of halogens is 1. The van der Waals surface area contributed by atoms with Gasteiger partial charge in [-0.2, -0.15) is 0 Å². The zero-order valence-corrected chi connectivity index (χ0v) is 17.5. The highest BCUT2D eigenvalue weighted by Crippen LogP contribution is 2.28. The molecule has 0 spiro atoms. The lowest BCUT2D eigenvalue weighted by atomic mass is 9.89. The molecule has 1 N–H and O–H groups in total. The molecule has 0 bridgehead atoms. The van der Waals surface area contributed by atoms with Gasteiger partial charge in [0.1, 0.15) is 0 Å². The van der Waals surface area contributed by atoms with Gasteiger partial charge in [0.15, 0.2) is 0 Å². The third kappa shape index (κ3) is 4.70. The van der Waals surface area contributed by atoms with Gasteiger partial charge in [0.05, 0.1) is 28.0 Å². The van der Waals surface area contributed by atoms with Crippen LogP contribution in [0, 0.1) is 5.92 Å². The number of nitrogens with one attached hydrogen (secondary N) is 1. The third-order valence-electron chi connectivity index (χ3n) is 5.74. The number of hydrogen-bond donors (Lipinski definition) is 1. The SMILES string of the molecule is CN(CC1CCCCC1)c1ccc(C(=O)Nc2cnc3ccccc3c2)c(Cl)c1. The Labute approximate surface area is 176 Å². The average molecular weight is 408 g/mol. The van der Waals surface area contributed by atoms with E-state index in [1.165, 1.54) is 32.1 Å². The standard InChI is InChI=1S/C24H26ClN3O/c1-28(16-17-7-3-2-4-8-17)20-11-12-21(22(25)14-20)24(29)27-19-13-18-9-5-6-10-23(18)26-15-19/h5-6,9-15,17H,2-4,7-8,16H2,1H3,(H,27,29). The van der Waals surface area contributed by atoms with Crippen molar-refractivity contribution < 1.29 is 4.79 Å². The van der Waals surface area contributed by atoms with E-state index in [0.29, 0.717) is 16.3 Å². The number of fused-ring (bicyclic) bond motifs is 1. The van der Waals surface area contributed by atoms with E-state index in [4.69, 9.17) is 11.6 Å². The van der Waals surface area contributed by atoms with Gasteiger partial charge in [0.25, 0.3) is 5.91 Å². The number of carbonyl (C=O) groups excluding carboxylic acids is 1. The van der Waals surface area contributed by atoms with Crippen LogP contribution in [0.4, 0.5) is 11.4 Å². The van der Waals surface area contributed by atoms with Crippen LogP contribution in [0.25, 0.3) is 10.9 Å². The molecule has 0 saturated heterocycles. The van der Waals surface area contributed by atoms with E-state index in [2.05, 4.69) is 22.2 Å². The fourth-order valence-corrected chi connectivity index (χ4v) is 4.39. The summed E-state index contributed by atoms with van der Waals surface area (Å²) in [5.41, 5.74) is 3.07. The molecule has 5 heteroatoms. The number of pyridine rings is 1. The number of amides is 1. The topological polar surface area (TPSA) is 45.2 Å². The van der Waals surface area contributed by atoms with Crippen LogP contribution in [0.3, 0.4) is 0 Å². The van der Waals surface area contributed by atoms with E-state index in [1.807, 2.05) is 42.5 Å². The van der Waals surface area contributed by atoms with Gasteiger partial charge in [-0.05, 0) is 49.1 Å². The molecule has 1 fully saturated rings. The summed E-state index contributed by atoms with van der Waals surface area (Å²) < 4.78 is 0. The van der Waals surface area contributed by atoms with Crippen molar-refractivity contribution in [2.24, 2.45) is 5.92 Å². The first-order valence-electron chi connectivity index (χ1n) is 10.3. The van der Waals surface area contributed by atoms with Gasteiger partial charge in [-0.1, -0.05) is 49.1 Å². The molecule has 3 aromatic rings. The van der Waals surface area contributed by atoms with Crippen LogP contribution in [0.15, 0.2) is 54.7 Å². The molecule has 4 nitrogen and oxygen atoms in total. The Balaban J connectivity index is 1.45. The number of para-hydroxylation sites is 1. The Bertz CT molecular complexity index is 1010. The minimum atomic E-state index is -0.228. The van der Waals surface area contributed by atoms with Crippen LogP contribution in [-0.2, 0) is 0 Å². The summed E-state index contributed by atoms with van der Waals surface area (Å²) in [5, 5.41) is 4.35. The van der Waals surface area contributed by atoms with E-state index < -0.39 is 0 Å². The largest absolute Gasteiger partial charge is 0.374 e. The summed E-state index contributed by atoms with van der Waals surface area (Å²) in [6, 6.07) is 15.4. The highest BCUT2D eigenvalue weighted by molar-refractivity contribution is 6.34. The van der Waals surface area contributed by atoms with Gasteiger partial charge in [-0.15, -0.1) is 0 Å². The summed E-state index contributed by atoms with van der Waals surface area (Å²) in [5.74, 6) is 0.518. The fourth-order valence-electron chi connectivity index (χ4n) is 4.13. The lowest BCUT2D eigenvalue weighted by Crippen LogP contribution is -2.26. The summed E-state index contributed by atoms with van der Waals surface area (Å²) in [7, 11) is 2.10. The van der Waals surface area contributed by atoms with Crippen molar-refractivity contribution in [3.8, 4) is 0 Å². The quantitative estimate of drug-likeness (QED) is 0.551. The first-order valence-corrected chi connectivity index (χ1v) is 10.6. The van der Waals surface area contributed by atoms with E-state index in [1.54, 1.807) is 12.3 Å². The van der Waals surface area contributed by atoms with Gasteiger partial charge >= 0.3 is 0 Å². The first kappa shape index (κ1) is 19.7. The zero-order chi connectivity index (χ0) is 20.2. The molecule has 1 aliphatic carbocycles. The molecule has 1 heterocycles. The van der Waals surface area contributed by atoms with Crippen molar-refractivity contribution in [1.29, 1.82) is 0 Å². The summed E-state index contributed by atoms with van der Waals surface area (Å²) in [6.07, 6.45) is 8.31. The van der Waals surface area contributed by atoms with E-state index in [-0.39, 0.29) is 5.91 Å². The predicted octanol–water partition coefficient (Wildman–Crippen LogP) is 6.16. The lowest BCUT2D eigenvalue weighted by Gasteiger charge is -2.28. The first-order chi connectivity index (χ1) is 14.1. The molecular formula is C24H26ClN3O. The molecule has 1 aliphatic rings. The van der Waals surface area contributed by atoms with Crippen molar-refractivity contribution in [2.75, 3.05) is 23.8 Å². The van der Waals surface area contributed by atoms with Crippen LogP contribution in [0.2, 0.25) is 5.02 Å². The molecule has 1 aromatic heterocycles. The normalized spacial score (nSPS) is 14.7. The number of carbonyl (C=O) groups is 1. The highest BCUT2D eigenvalue weighted by Gasteiger charge is 2.17. The zero-order valence-electron chi connectivity index (χ0n) is 16.7. The number of rotatable bonds is 5. The molecule has 0 unspecified atom stereocenters. The maximum absolute atomic E-state index is 12.7. The van der Waals surface area contributed by atoms with Gasteiger partial charge in [-0.25, -0.2) is 0 Å². The molecule has 1 saturated carbocycles. The molecule has 0 atom stereocenters. The van der Waals surface area contributed by atoms with Crippen LogP contribution < -0.4 is 10.2 Å². The van der Waals surface area contributed by atoms with E-state index in [0.717, 1.165) is 29.1 Å². The second-order valence-corrected chi connectivity index (χ2v) is 8.33. The molecular weight excluding hydrogens is 382 g/mol. The van der Waals surface area contributed by atoms with Crippen LogP contribution in [0.5, 0.6) is 0 Å². The third-order valence-corrected chi connectivity index (χ3v) is 6.06. The van der Waals surface area contributed by atoms with Crippen molar-refractivity contribution in [3.05, 3.63) is 65.3 Å². The van der Waals surface area contributed by atoms with Gasteiger partial charge in [0.2, 0.25) is 0 Å². The Hall–Kier alpha value is -2.59. The second-order valence-electron chi connectivity index (χ2n) is 7.92. The molecule has 0 radical (unpaired) electrons. The summed E-state index contributed by atoms with van der Waals surface area (Å²) >= 11 is 6.47. The highest BCUT2D eigenvalue weighted by atomic mass is 35.5. The maximum Gasteiger partial charge on any atom is 0.257 e. The molecule has 2 aromatic carbocycles. The van der Waals surface area contributed by atoms with Gasteiger partial charge in [-0.3, -0.25) is 9.78 Å². The average Bonchev–Trinajstić information content (AvgIpc) is 2.74. The monoisotopic (exact) mass is 407 g/mol. The Kier molecular flexibility index (Phi) is 6.00. The van der Waals surface area contributed by atoms with E-state index in [9.17, 15) is 4.79 Å². The molecule has 1 amide bonds. The lowest BCUT2D eigenvalue weighted by molar-refractivity contribution is 0.102. The minimum absolute atomic E-state index is 0.228. The number of nitrogens with zero attached hydrogens (tertiary/aromatic N) is 2. The summed E-state index contributed by atoms with van der Waals surface area (Å²) in [4.78, 5) is 19.4. The number of aromatic nitrogens is 1. The van der Waals surface area contributed by atoms with E-state index >= 15 is 0 Å². The van der Waals surface area contributed by atoms with Crippen LogP contribution in [-0.4, -0.2) is 24.5 Å². The molecule has 4 rings (SSSR count). The van der Waals surface area contributed by atoms with Crippen LogP contribution in [0.1, 0.15) is 42.5 Å². The van der Waals surface area contributed by atoms with Gasteiger partial charge in [0, 0.05) is 24.7 Å².